The molecule has 0 bridgehead atoms. The molecule has 3 N–H and O–H groups in total. The van der Waals surface area contributed by atoms with Crippen molar-refractivity contribution in [3.8, 4) is 11.5 Å². The quantitative estimate of drug-likeness (QED) is 0.756. The highest BCUT2D eigenvalue weighted by molar-refractivity contribution is 5.92. The molecule has 0 unspecified atom stereocenters. The van der Waals surface area contributed by atoms with Crippen LogP contribution in [0.4, 0.5) is 14.5 Å². The zero-order valence-corrected chi connectivity index (χ0v) is 10.2. The number of amides is 1. The molecular formula is C14H11F2NO3. The number of halogens is 2. The third kappa shape index (κ3) is 3.23. The van der Waals surface area contributed by atoms with Gasteiger partial charge in [0.05, 0.1) is 6.42 Å². The number of carbonyl (C=O) groups is 1. The molecule has 20 heavy (non-hydrogen) atoms. The van der Waals surface area contributed by atoms with E-state index in [9.17, 15) is 18.7 Å². The normalized spacial score (nSPS) is 10.3. The Hall–Kier alpha value is -2.63. The molecule has 0 saturated carbocycles. The molecule has 6 heteroatoms. The van der Waals surface area contributed by atoms with Gasteiger partial charge in [-0.3, -0.25) is 4.79 Å². The minimum absolute atomic E-state index is 0.0766. The van der Waals surface area contributed by atoms with Crippen molar-refractivity contribution in [2.24, 2.45) is 0 Å². The van der Waals surface area contributed by atoms with E-state index in [1.165, 1.54) is 24.3 Å². The summed E-state index contributed by atoms with van der Waals surface area (Å²) in [6, 6.07) is 7.01. The average molecular weight is 279 g/mol. The van der Waals surface area contributed by atoms with Gasteiger partial charge in [-0.1, -0.05) is 6.07 Å². The smallest absolute Gasteiger partial charge is 0.228 e. The van der Waals surface area contributed by atoms with E-state index >= 15 is 0 Å². The summed E-state index contributed by atoms with van der Waals surface area (Å²) >= 11 is 0. The van der Waals surface area contributed by atoms with Crippen LogP contribution in [0.3, 0.4) is 0 Å². The van der Waals surface area contributed by atoms with E-state index in [-0.39, 0.29) is 23.6 Å². The van der Waals surface area contributed by atoms with Gasteiger partial charge in [0, 0.05) is 11.8 Å². The Morgan fingerprint density at radius 1 is 1.00 bits per heavy atom. The first-order valence-electron chi connectivity index (χ1n) is 5.71. The summed E-state index contributed by atoms with van der Waals surface area (Å²) in [5, 5.41) is 20.8. The second kappa shape index (κ2) is 5.56. The molecule has 0 aliphatic heterocycles. The molecule has 0 fully saturated rings. The van der Waals surface area contributed by atoms with Crippen LogP contribution in [0.25, 0.3) is 0 Å². The highest BCUT2D eigenvalue weighted by Crippen LogP contribution is 2.25. The zero-order valence-electron chi connectivity index (χ0n) is 10.2. The Balaban J connectivity index is 2.04. The average Bonchev–Trinajstić information content (AvgIpc) is 2.38. The third-order valence-corrected chi connectivity index (χ3v) is 2.61. The van der Waals surface area contributed by atoms with E-state index in [0.717, 1.165) is 12.1 Å². The lowest BCUT2D eigenvalue weighted by Crippen LogP contribution is -2.14. The van der Waals surface area contributed by atoms with Crippen LogP contribution in [0.15, 0.2) is 36.4 Å². The van der Waals surface area contributed by atoms with Crippen molar-refractivity contribution in [2.45, 2.75) is 6.42 Å². The fourth-order valence-electron chi connectivity index (χ4n) is 1.64. The topological polar surface area (TPSA) is 69.6 Å². The molecule has 0 spiro atoms. The molecule has 0 saturated heterocycles. The number of rotatable bonds is 3. The molecule has 2 aromatic rings. The lowest BCUT2D eigenvalue weighted by Gasteiger charge is -2.06. The predicted octanol–water partition coefficient (Wildman–Crippen LogP) is 2.56. The number of benzene rings is 2. The molecule has 2 aromatic carbocycles. The third-order valence-electron chi connectivity index (χ3n) is 2.61. The molecule has 0 atom stereocenters. The van der Waals surface area contributed by atoms with Gasteiger partial charge in [-0.05, 0) is 29.8 Å². The van der Waals surface area contributed by atoms with Crippen molar-refractivity contribution in [2.75, 3.05) is 5.32 Å². The van der Waals surface area contributed by atoms with Crippen molar-refractivity contribution in [1.82, 2.24) is 0 Å². The standard InChI is InChI=1S/C14H11F2NO3/c15-10-3-2-9(7-11(10)16)17-14(20)6-8-1-4-12(18)13(19)5-8/h1-5,7,18-19H,6H2,(H,17,20). The first-order chi connectivity index (χ1) is 9.45. The Bertz CT molecular complexity index is 603. The SMILES string of the molecule is O=C(Cc1ccc(O)c(O)c1)Nc1ccc(F)c(F)c1. The summed E-state index contributed by atoms with van der Waals surface area (Å²) in [6.07, 6.45) is -0.0766. The van der Waals surface area contributed by atoms with Gasteiger partial charge < -0.3 is 15.5 Å². The van der Waals surface area contributed by atoms with E-state index in [0.29, 0.717) is 5.56 Å². The molecule has 0 aromatic heterocycles. The van der Waals surface area contributed by atoms with Crippen LogP contribution in [0.2, 0.25) is 0 Å². The molecule has 0 aliphatic carbocycles. The maximum absolute atomic E-state index is 13.0. The summed E-state index contributed by atoms with van der Waals surface area (Å²) in [4.78, 5) is 11.7. The van der Waals surface area contributed by atoms with Gasteiger partial charge in [-0.15, -0.1) is 0 Å². The van der Waals surface area contributed by atoms with Crippen LogP contribution >= 0.6 is 0 Å². The number of carbonyl (C=O) groups excluding carboxylic acids is 1. The minimum atomic E-state index is -1.05. The highest BCUT2D eigenvalue weighted by atomic mass is 19.2. The van der Waals surface area contributed by atoms with E-state index in [4.69, 9.17) is 5.11 Å². The number of aromatic hydroxyl groups is 2. The number of phenols is 2. The van der Waals surface area contributed by atoms with Crippen LogP contribution in [0, 0.1) is 11.6 Å². The van der Waals surface area contributed by atoms with E-state index in [2.05, 4.69) is 5.32 Å². The van der Waals surface area contributed by atoms with Gasteiger partial charge in [0.25, 0.3) is 0 Å². The van der Waals surface area contributed by atoms with Crippen molar-refractivity contribution in [3.05, 3.63) is 53.6 Å². The van der Waals surface area contributed by atoms with E-state index < -0.39 is 17.5 Å². The molecular weight excluding hydrogens is 268 g/mol. The Kier molecular flexibility index (Phi) is 3.84. The molecule has 1 amide bonds. The minimum Gasteiger partial charge on any atom is -0.504 e. The maximum Gasteiger partial charge on any atom is 0.228 e. The van der Waals surface area contributed by atoms with Crippen LogP contribution in [0.5, 0.6) is 11.5 Å². The zero-order chi connectivity index (χ0) is 14.7. The van der Waals surface area contributed by atoms with Crippen molar-refractivity contribution >= 4 is 11.6 Å². The molecule has 0 radical (unpaired) electrons. The monoisotopic (exact) mass is 279 g/mol. The number of anilines is 1. The van der Waals surface area contributed by atoms with Crippen LogP contribution in [-0.2, 0) is 11.2 Å². The van der Waals surface area contributed by atoms with Gasteiger partial charge in [0.2, 0.25) is 5.91 Å². The van der Waals surface area contributed by atoms with Gasteiger partial charge in [-0.25, -0.2) is 8.78 Å². The summed E-state index contributed by atoms with van der Waals surface area (Å²) in [5.74, 6) is -3.12. The Morgan fingerprint density at radius 2 is 1.75 bits per heavy atom. The fraction of sp³-hybridized carbons (Fsp3) is 0.0714. The van der Waals surface area contributed by atoms with Crippen molar-refractivity contribution < 1.29 is 23.8 Å². The largest absolute Gasteiger partial charge is 0.504 e. The fourth-order valence-corrected chi connectivity index (χ4v) is 1.64. The first-order valence-corrected chi connectivity index (χ1v) is 5.71. The van der Waals surface area contributed by atoms with Crippen LogP contribution in [-0.4, -0.2) is 16.1 Å². The second-order valence-corrected chi connectivity index (χ2v) is 4.18. The molecule has 0 aliphatic rings. The Labute approximate surface area is 113 Å². The lowest BCUT2D eigenvalue weighted by molar-refractivity contribution is -0.115. The second-order valence-electron chi connectivity index (χ2n) is 4.18. The summed E-state index contributed by atoms with van der Waals surface area (Å²) in [6.45, 7) is 0. The molecule has 4 nitrogen and oxygen atoms in total. The van der Waals surface area contributed by atoms with Crippen LogP contribution < -0.4 is 5.32 Å². The van der Waals surface area contributed by atoms with Gasteiger partial charge in [0.1, 0.15) is 0 Å². The van der Waals surface area contributed by atoms with Gasteiger partial charge >= 0.3 is 0 Å². The maximum atomic E-state index is 13.0. The van der Waals surface area contributed by atoms with Crippen LogP contribution in [0.1, 0.15) is 5.56 Å². The predicted molar refractivity (Wildman–Crippen MR) is 68.5 cm³/mol. The molecule has 104 valence electrons. The summed E-state index contributed by atoms with van der Waals surface area (Å²) in [7, 11) is 0. The number of nitrogens with one attached hydrogen (secondary N) is 1. The van der Waals surface area contributed by atoms with E-state index in [1.54, 1.807) is 0 Å². The number of hydrogen-bond donors (Lipinski definition) is 3. The Morgan fingerprint density at radius 3 is 2.40 bits per heavy atom. The van der Waals surface area contributed by atoms with Crippen molar-refractivity contribution in [1.29, 1.82) is 0 Å². The summed E-state index contributed by atoms with van der Waals surface area (Å²) in [5.41, 5.74) is 0.609. The lowest BCUT2D eigenvalue weighted by atomic mass is 10.1. The number of phenolic OH excluding ortho intramolecular Hbond substituents is 2. The summed E-state index contributed by atoms with van der Waals surface area (Å²) < 4.78 is 25.7. The van der Waals surface area contributed by atoms with Crippen molar-refractivity contribution in [3.63, 3.8) is 0 Å². The number of hydrogen-bond acceptors (Lipinski definition) is 3. The molecule has 0 heterocycles. The first kappa shape index (κ1) is 13.8. The van der Waals surface area contributed by atoms with Gasteiger partial charge in [0.15, 0.2) is 23.1 Å². The van der Waals surface area contributed by atoms with Gasteiger partial charge in [-0.2, -0.15) is 0 Å². The molecule has 2 rings (SSSR count). The van der Waals surface area contributed by atoms with E-state index in [1.807, 2.05) is 0 Å². The highest BCUT2D eigenvalue weighted by Gasteiger charge is 2.08.